The summed E-state index contributed by atoms with van der Waals surface area (Å²) in [4.78, 5) is 11.2. The molecule has 0 amide bonds. The zero-order valence-corrected chi connectivity index (χ0v) is 13.4. The van der Waals surface area contributed by atoms with Crippen LogP contribution in [0.3, 0.4) is 0 Å². The SMILES string of the molecule is CC1(C)OB(c2cc(OC(F)F)c(Cl)cc2C=O)OC1(C)C. The van der Waals surface area contributed by atoms with Gasteiger partial charge in [-0.3, -0.25) is 4.79 Å². The monoisotopic (exact) mass is 332 g/mol. The third-order valence-corrected chi connectivity index (χ3v) is 4.28. The molecule has 0 saturated carbocycles. The molecule has 8 heteroatoms. The van der Waals surface area contributed by atoms with Gasteiger partial charge in [-0.25, -0.2) is 0 Å². The first kappa shape index (κ1) is 17.2. The Kier molecular flexibility index (Phi) is 4.52. The first-order chi connectivity index (χ1) is 10.1. The summed E-state index contributed by atoms with van der Waals surface area (Å²) < 4.78 is 40.9. The fourth-order valence-corrected chi connectivity index (χ4v) is 2.26. The molecular weight excluding hydrogens is 316 g/mol. The predicted molar refractivity (Wildman–Crippen MR) is 79.2 cm³/mol. The van der Waals surface area contributed by atoms with Gasteiger partial charge in [-0.15, -0.1) is 0 Å². The molecular formula is C14H16BClF2O4. The maximum atomic E-state index is 12.4. The number of rotatable bonds is 4. The van der Waals surface area contributed by atoms with Crippen molar-refractivity contribution in [2.45, 2.75) is 45.5 Å². The highest BCUT2D eigenvalue weighted by atomic mass is 35.5. The largest absolute Gasteiger partial charge is 0.495 e. The first-order valence-electron chi connectivity index (χ1n) is 6.66. The minimum Gasteiger partial charge on any atom is -0.433 e. The molecule has 0 aromatic heterocycles. The van der Waals surface area contributed by atoms with E-state index in [-0.39, 0.29) is 16.3 Å². The highest BCUT2D eigenvalue weighted by molar-refractivity contribution is 6.63. The Morgan fingerprint density at radius 1 is 1.23 bits per heavy atom. The Balaban J connectivity index is 2.44. The van der Waals surface area contributed by atoms with E-state index in [9.17, 15) is 13.6 Å². The van der Waals surface area contributed by atoms with Crippen molar-refractivity contribution in [3.05, 3.63) is 22.7 Å². The van der Waals surface area contributed by atoms with Crippen LogP contribution in [-0.2, 0) is 9.31 Å². The number of ether oxygens (including phenoxy) is 1. The van der Waals surface area contributed by atoms with Crippen molar-refractivity contribution in [2.24, 2.45) is 0 Å². The molecule has 1 aliphatic heterocycles. The van der Waals surface area contributed by atoms with Crippen molar-refractivity contribution in [2.75, 3.05) is 0 Å². The summed E-state index contributed by atoms with van der Waals surface area (Å²) in [5.41, 5.74) is -0.749. The third kappa shape index (κ3) is 3.11. The Labute approximate surface area is 132 Å². The fourth-order valence-electron chi connectivity index (χ4n) is 2.05. The molecule has 0 bridgehead atoms. The van der Waals surface area contributed by atoms with Crippen molar-refractivity contribution in [1.29, 1.82) is 0 Å². The number of alkyl halides is 2. The summed E-state index contributed by atoms with van der Waals surface area (Å²) in [5, 5.41) is -0.0809. The molecule has 120 valence electrons. The molecule has 22 heavy (non-hydrogen) atoms. The average Bonchev–Trinajstić information content (AvgIpc) is 2.59. The van der Waals surface area contributed by atoms with Crippen LogP contribution >= 0.6 is 11.6 Å². The van der Waals surface area contributed by atoms with Crippen molar-refractivity contribution >= 4 is 30.5 Å². The minimum absolute atomic E-state index is 0.0809. The molecule has 1 aromatic rings. The standard InChI is InChI=1S/C14H16BClF2O4/c1-13(2)14(3,4)22-15(21-13)9-6-11(20-12(17)18)10(16)5-8(9)7-19/h5-7,12H,1-4H3. The molecule has 0 radical (unpaired) electrons. The van der Waals surface area contributed by atoms with Crippen LogP contribution in [-0.4, -0.2) is 31.2 Å². The summed E-state index contributed by atoms with van der Waals surface area (Å²) in [7, 11) is -0.873. The zero-order chi connectivity index (χ0) is 16.7. The topological polar surface area (TPSA) is 44.8 Å². The van der Waals surface area contributed by atoms with Gasteiger partial charge in [0, 0.05) is 5.56 Å². The van der Waals surface area contributed by atoms with Gasteiger partial charge in [0.25, 0.3) is 0 Å². The van der Waals surface area contributed by atoms with E-state index in [1.54, 1.807) is 0 Å². The minimum atomic E-state index is -3.02. The molecule has 0 N–H and O–H groups in total. The lowest BCUT2D eigenvalue weighted by atomic mass is 9.76. The van der Waals surface area contributed by atoms with Gasteiger partial charge in [0.05, 0.1) is 16.2 Å². The second-order valence-electron chi connectivity index (χ2n) is 6.00. The van der Waals surface area contributed by atoms with Crippen molar-refractivity contribution in [1.82, 2.24) is 0 Å². The van der Waals surface area contributed by atoms with E-state index in [2.05, 4.69) is 4.74 Å². The molecule has 0 spiro atoms. The van der Waals surface area contributed by atoms with Gasteiger partial charge in [0.15, 0.2) is 0 Å². The quantitative estimate of drug-likeness (QED) is 0.628. The normalized spacial score (nSPS) is 19.5. The number of aldehydes is 1. The molecule has 0 atom stereocenters. The molecule has 1 saturated heterocycles. The van der Waals surface area contributed by atoms with Gasteiger partial charge in [-0.05, 0) is 45.3 Å². The number of carbonyl (C=O) groups is 1. The number of carbonyl (C=O) groups excluding carboxylic acids is 1. The van der Waals surface area contributed by atoms with Crippen molar-refractivity contribution in [3.8, 4) is 5.75 Å². The second kappa shape index (κ2) is 5.79. The van der Waals surface area contributed by atoms with Gasteiger partial charge in [-0.2, -0.15) is 8.78 Å². The highest BCUT2D eigenvalue weighted by Crippen LogP contribution is 2.37. The van der Waals surface area contributed by atoms with Crippen LogP contribution in [0.25, 0.3) is 0 Å². The third-order valence-electron chi connectivity index (χ3n) is 3.99. The lowest BCUT2D eigenvalue weighted by molar-refractivity contribution is -0.0497. The van der Waals surface area contributed by atoms with Gasteiger partial charge in [0.1, 0.15) is 12.0 Å². The van der Waals surface area contributed by atoms with E-state index in [1.807, 2.05) is 27.7 Å². The zero-order valence-electron chi connectivity index (χ0n) is 12.7. The van der Waals surface area contributed by atoms with Gasteiger partial charge in [0.2, 0.25) is 0 Å². The first-order valence-corrected chi connectivity index (χ1v) is 7.04. The van der Waals surface area contributed by atoms with Crippen LogP contribution in [0.4, 0.5) is 8.78 Å². The molecule has 0 aliphatic carbocycles. The highest BCUT2D eigenvalue weighted by Gasteiger charge is 2.52. The number of benzene rings is 1. The molecule has 4 nitrogen and oxygen atoms in total. The second-order valence-corrected chi connectivity index (χ2v) is 6.40. The molecule has 1 fully saturated rings. The number of hydrogen-bond acceptors (Lipinski definition) is 4. The predicted octanol–water partition coefficient (Wildman–Crippen LogP) is 3.05. The molecule has 1 aromatic carbocycles. The Hall–Kier alpha value is -1.18. The van der Waals surface area contributed by atoms with Crippen molar-refractivity contribution < 1.29 is 27.6 Å². The average molecular weight is 333 g/mol. The van der Waals surface area contributed by atoms with E-state index in [0.29, 0.717) is 11.7 Å². The van der Waals surface area contributed by atoms with Crippen LogP contribution in [0.1, 0.15) is 38.1 Å². The van der Waals surface area contributed by atoms with Gasteiger partial charge in [-0.1, -0.05) is 11.6 Å². The smallest absolute Gasteiger partial charge is 0.433 e. The maximum Gasteiger partial charge on any atom is 0.495 e. The van der Waals surface area contributed by atoms with Crippen LogP contribution in [0.15, 0.2) is 12.1 Å². The summed E-state index contributed by atoms with van der Waals surface area (Å²) in [6, 6.07) is 2.51. The van der Waals surface area contributed by atoms with Crippen LogP contribution < -0.4 is 10.2 Å². The van der Waals surface area contributed by atoms with Gasteiger partial charge >= 0.3 is 13.7 Å². The Morgan fingerprint density at radius 2 is 1.77 bits per heavy atom. The Bertz CT molecular complexity index is 576. The number of halogens is 3. The van der Waals surface area contributed by atoms with Crippen molar-refractivity contribution in [3.63, 3.8) is 0 Å². The Morgan fingerprint density at radius 3 is 2.23 bits per heavy atom. The van der Waals surface area contributed by atoms with Crippen LogP contribution in [0.2, 0.25) is 5.02 Å². The molecule has 0 unspecified atom stereocenters. The van der Waals surface area contributed by atoms with Crippen LogP contribution in [0, 0.1) is 0 Å². The summed E-state index contributed by atoms with van der Waals surface area (Å²) >= 11 is 5.84. The van der Waals surface area contributed by atoms with E-state index in [4.69, 9.17) is 20.9 Å². The fraction of sp³-hybridized carbons (Fsp3) is 0.500. The molecule has 2 rings (SSSR count). The summed E-state index contributed by atoms with van der Waals surface area (Å²) in [6.07, 6.45) is 0.568. The van der Waals surface area contributed by atoms with Crippen LogP contribution in [0.5, 0.6) is 5.75 Å². The van der Waals surface area contributed by atoms with E-state index in [1.165, 1.54) is 12.1 Å². The van der Waals surface area contributed by atoms with Gasteiger partial charge < -0.3 is 14.0 Å². The summed E-state index contributed by atoms with van der Waals surface area (Å²) in [5.74, 6) is -0.230. The van der Waals surface area contributed by atoms with E-state index in [0.717, 1.165) is 0 Å². The van der Waals surface area contributed by atoms with E-state index < -0.39 is 24.9 Å². The molecule has 1 heterocycles. The lowest BCUT2D eigenvalue weighted by Crippen LogP contribution is -2.41. The lowest BCUT2D eigenvalue weighted by Gasteiger charge is -2.32. The maximum absolute atomic E-state index is 12.4. The molecule has 1 aliphatic rings. The number of hydrogen-bond donors (Lipinski definition) is 0. The van der Waals surface area contributed by atoms with E-state index >= 15 is 0 Å². The summed E-state index contributed by atoms with van der Waals surface area (Å²) in [6.45, 7) is 4.37.